The van der Waals surface area contributed by atoms with E-state index < -0.39 is 7.82 Å². The summed E-state index contributed by atoms with van der Waals surface area (Å²) >= 11 is 0. The number of likely N-dealkylation sites (N-methyl/N-ethyl adjacent to an activating group) is 1. The molecule has 0 aromatic rings. The van der Waals surface area contributed by atoms with Crippen molar-refractivity contribution in [3.8, 4) is 0 Å². The van der Waals surface area contributed by atoms with E-state index in [4.69, 9.17) is 18.5 Å². The van der Waals surface area contributed by atoms with Gasteiger partial charge in [-0.15, -0.1) is 0 Å². The number of allylic oxidation sites excluding steroid dienone is 1. The second kappa shape index (κ2) is 15.3. The van der Waals surface area contributed by atoms with Crippen LogP contribution in [0.4, 0.5) is 0 Å². The van der Waals surface area contributed by atoms with Gasteiger partial charge in [0.1, 0.15) is 13.2 Å². The number of phosphoric ester groups is 1. The lowest BCUT2D eigenvalue weighted by atomic mass is 9.47. The molecule has 0 aromatic carbocycles. The third-order valence-electron chi connectivity index (χ3n) is 12.3. The maximum Gasteiger partial charge on any atom is 0.472 e. The number of hydrogen-bond donors (Lipinski definition) is 1. The minimum Gasteiger partial charge on any atom is -0.377 e. The lowest BCUT2D eigenvalue weighted by molar-refractivity contribution is -0.870. The molecule has 9 atom stereocenters. The van der Waals surface area contributed by atoms with Crippen LogP contribution in [0.3, 0.4) is 0 Å². The molecule has 0 bridgehead atoms. The number of fused-ring (bicyclic) bond motifs is 5. The second-order valence-corrected chi connectivity index (χ2v) is 18.2. The van der Waals surface area contributed by atoms with E-state index in [1.165, 1.54) is 57.8 Å². The molecule has 0 heterocycles. The smallest absolute Gasteiger partial charge is 0.377 e. The van der Waals surface area contributed by atoms with E-state index in [0.29, 0.717) is 35.1 Å². The minimum atomic E-state index is -4.04. The molecular weight excluding hydrogens is 573 g/mol. The third-order valence-corrected chi connectivity index (χ3v) is 13.4. The van der Waals surface area contributed by atoms with Crippen molar-refractivity contribution >= 4 is 7.82 Å². The number of ether oxygens (including phenoxy) is 2. The molecule has 0 radical (unpaired) electrons. The Morgan fingerprint density at radius 3 is 2.39 bits per heavy atom. The topological polar surface area (TPSA) is 74.2 Å². The van der Waals surface area contributed by atoms with Crippen molar-refractivity contribution in [3.05, 3.63) is 11.6 Å². The molecule has 3 saturated carbocycles. The molecule has 0 spiro atoms. The zero-order valence-electron chi connectivity index (χ0n) is 29.5. The van der Waals surface area contributed by atoms with Gasteiger partial charge in [-0.25, -0.2) is 4.57 Å². The summed E-state index contributed by atoms with van der Waals surface area (Å²) in [6.07, 6.45) is 17.5. The highest BCUT2D eigenvalue weighted by atomic mass is 31.2. The largest absolute Gasteiger partial charge is 0.472 e. The van der Waals surface area contributed by atoms with Gasteiger partial charge in [0.15, 0.2) is 0 Å². The number of phosphoric acid groups is 1. The Morgan fingerprint density at radius 2 is 1.66 bits per heavy atom. The first-order valence-electron chi connectivity index (χ1n) is 18.0. The molecule has 4 aliphatic carbocycles. The Labute approximate surface area is 270 Å². The lowest BCUT2D eigenvalue weighted by Crippen LogP contribution is -2.51. The van der Waals surface area contributed by atoms with Crippen molar-refractivity contribution < 1.29 is 32.5 Å². The molecule has 4 aliphatic rings. The van der Waals surface area contributed by atoms with E-state index in [-0.39, 0.29) is 25.9 Å². The highest BCUT2D eigenvalue weighted by molar-refractivity contribution is 7.47. The van der Waals surface area contributed by atoms with Crippen LogP contribution in [0, 0.1) is 46.3 Å². The fourth-order valence-corrected chi connectivity index (χ4v) is 10.5. The first-order chi connectivity index (χ1) is 20.6. The van der Waals surface area contributed by atoms with Gasteiger partial charge in [-0.3, -0.25) is 9.05 Å². The van der Waals surface area contributed by atoms with Gasteiger partial charge in [0.2, 0.25) is 0 Å². The van der Waals surface area contributed by atoms with Crippen LogP contribution >= 0.6 is 7.82 Å². The number of hydrogen-bond acceptors (Lipinski definition) is 5. The SMILES string of the molecule is CC(C)CCC[C@@H](C)[C@H]1CC[C@H]2[C@@H]3CC=C4C[C@@H](OCCOCCOP(=O)(O)OCC[N+](C)(C)C)CC[C@]4(C)[C@H]3CC[C@]12C. The highest BCUT2D eigenvalue weighted by Gasteiger charge is 2.59. The van der Waals surface area contributed by atoms with Gasteiger partial charge in [0, 0.05) is 0 Å². The molecule has 256 valence electrons. The summed E-state index contributed by atoms with van der Waals surface area (Å²) in [7, 11) is 1.97. The maximum atomic E-state index is 12.0. The molecule has 0 aliphatic heterocycles. The van der Waals surface area contributed by atoms with Crippen LogP contribution in [0.5, 0.6) is 0 Å². The van der Waals surface area contributed by atoms with E-state index in [9.17, 15) is 9.46 Å². The van der Waals surface area contributed by atoms with Crippen LogP contribution < -0.4 is 0 Å². The molecule has 0 saturated heterocycles. The van der Waals surface area contributed by atoms with Crippen LogP contribution in [-0.4, -0.2) is 76.2 Å². The molecule has 7 nitrogen and oxygen atoms in total. The van der Waals surface area contributed by atoms with Crippen LogP contribution in [0.15, 0.2) is 11.6 Å². The first kappa shape index (κ1) is 36.6. The minimum absolute atomic E-state index is 0.0210. The average molecular weight is 641 g/mol. The van der Waals surface area contributed by atoms with Crippen LogP contribution in [-0.2, 0) is 23.1 Å². The normalized spacial score (nSPS) is 35.9. The van der Waals surface area contributed by atoms with Crippen LogP contribution in [0.2, 0.25) is 0 Å². The quantitative estimate of drug-likeness (QED) is 0.0747. The Hall–Kier alpha value is -0.270. The van der Waals surface area contributed by atoms with Gasteiger partial charge in [-0.1, -0.05) is 65.5 Å². The van der Waals surface area contributed by atoms with E-state index in [0.717, 1.165) is 48.3 Å². The standard InChI is InChI=1S/C36H66NO6P/c1-27(2)10-9-11-28(3)32-14-15-33-31-13-12-29-26-30(16-18-35(29,4)34(31)17-19-36(32,33)5)41-24-22-40-23-25-43-44(38,39)42-21-20-37(6,7)8/h12,27-28,30-34H,9-11,13-26H2,1-8H3/p+1/t28-,30+,31+,32-,33+,34+,35+,36-/m1/s1. The number of nitrogens with zero attached hydrogens (tertiary/aromatic N) is 1. The van der Waals surface area contributed by atoms with E-state index in [1.54, 1.807) is 5.57 Å². The molecule has 44 heavy (non-hydrogen) atoms. The maximum absolute atomic E-state index is 12.0. The van der Waals surface area contributed by atoms with E-state index in [2.05, 4.69) is 40.7 Å². The second-order valence-electron chi connectivity index (χ2n) is 16.8. The molecule has 1 unspecified atom stereocenters. The summed E-state index contributed by atoms with van der Waals surface area (Å²) in [6, 6.07) is 0. The highest BCUT2D eigenvalue weighted by Crippen LogP contribution is 2.67. The molecule has 3 fully saturated rings. The lowest BCUT2D eigenvalue weighted by Gasteiger charge is -2.58. The summed E-state index contributed by atoms with van der Waals surface area (Å²) in [6.45, 7) is 14.6. The average Bonchev–Trinajstić information content (AvgIpc) is 3.28. The number of rotatable bonds is 17. The fourth-order valence-electron chi connectivity index (χ4n) is 9.85. The van der Waals surface area contributed by atoms with E-state index >= 15 is 0 Å². The zero-order valence-corrected chi connectivity index (χ0v) is 30.4. The first-order valence-corrected chi connectivity index (χ1v) is 19.5. The monoisotopic (exact) mass is 640 g/mol. The summed E-state index contributed by atoms with van der Waals surface area (Å²) in [5.41, 5.74) is 2.54. The Morgan fingerprint density at radius 1 is 0.932 bits per heavy atom. The van der Waals surface area contributed by atoms with Crippen LogP contribution in [0.25, 0.3) is 0 Å². The van der Waals surface area contributed by atoms with Gasteiger partial charge in [-0.05, 0) is 97.7 Å². The molecule has 1 N–H and O–H groups in total. The molecular formula is C36H67NO6P+. The van der Waals surface area contributed by atoms with Gasteiger partial charge >= 0.3 is 7.82 Å². The van der Waals surface area contributed by atoms with Crippen LogP contribution in [0.1, 0.15) is 105 Å². The molecule has 0 amide bonds. The Bertz CT molecular complexity index is 996. The van der Waals surface area contributed by atoms with Crippen molar-refractivity contribution in [1.82, 2.24) is 0 Å². The van der Waals surface area contributed by atoms with Gasteiger partial charge < -0.3 is 18.9 Å². The van der Waals surface area contributed by atoms with Gasteiger partial charge in [-0.2, -0.15) is 0 Å². The Kier molecular flexibility index (Phi) is 12.7. The zero-order chi connectivity index (χ0) is 32.2. The van der Waals surface area contributed by atoms with Gasteiger partial charge in [0.25, 0.3) is 0 Å². The van der Waals surface area contributed by atoms with Crippen molar-refractivity contribution in [2.24, 2.45) is 46.3 Å². The molecule has 0 aromatic heterocycles. The van der Waals surface area contributed by atoms with Gasteiger partial charge in [0.05, 0.1) is 53.7 Å². The van der Waals surface area contributed by atoms with Crippen molar-refractivity contribution in [2.75, 3.05) is 60.7 Å². The molecule has 4 rings (SSSR count). The summed E-state index contributed by atoms with van der Waals surface area (Å²) in [5.74, 6) is 5.20. The fraction of sp³-hybridized carbons (Fsp3) is 0.944. The summed E-state index contributed by atoms with van der Waals surface area (Å²) in [4.78, 5) is 9.82. The van der Waals surface area contributed by atoms with Crippen molar-refractivity contribution in [2.45, 2.75) is 111 Å². The summed E-state index contributed by atoms with van der Waals surface area (Å²) < 4.78 is 34.6. The van der Waals surface area contributed by atoms with E-state index in [1.807, 2.05) is 21.1 Å². The summed E-state index contributed by atoms with van der Waals surface area (Å²) in [5, 5.41) is 0. The van der Waals surface area contributed by atoms with Crippen molar-refractivity contribution in [1.29, 1.82) is 0 Å². The predicted octanol–water partition coefficient (Wildman–Crippen LogP) is 8.27. The Balaban J connectivity index is 1.18. The molecule has 8 heteroatoms. The van der Waals surface area contributed by atoms with Crippen molar-refractivity contribution in [3.63, 3.8) is 0 Å². The third kappa shape index (κ3) is 9.20. The number of quaternary nitrogens is 1. The predicted molar refractivity (Wildman–Crippen MR) is 178 cm³/mol.